The predicted molar refractivity (Wildman–Crippen MR) is 88.1 cm³/mol. The van der Waals surface area contributed by atoms with Crippen LogP contribution in [0.25, 0.3) is 11.3 Å². The quantitative estimate of drug-likeness (QED) is 0.755. The van der Waals surface area contributed by atoms with Crippen molar-refractivity contribution >= 4 is 28.9 Å². The van der Waals surface area contributed by atoms with Gasteiger partial charge in [0, 0.05) is 22.5 Å². The molecule has 21 heavy (non-hydrogen) atoms. The van der Waals surface area contributed by atoms with Crippen LogP contribution in [0.3, 0.4) is 0 Å². The SMILES string of the molecule is Cc1cc(C)nc(-c2cc(NC(N)=S)ccc2C(N)=O)c1. The van der Waals surface area contributed by atoms with Crippen LogP contribution in [-0.2, 0) is 0 Å². The normalized spacial score (nSPS) is 10.2. The Morgan fingerprint density at radius 3 is 2.48 bits per heavy atom. The molecule has 0 saturated heterocycles. The average Bonchev–Trinajstić information content (AvgIpc) is 2.36. The minimum absolute atomic E-state index is 0.154. The standard InChI is InChI=1S/C15H16N4OS/c1-8-5-9(2)18-13(6-8)12-7-10(19-15(17)21)3-4-11(12)14(16)20/h3-7H,1-2H3,(H2,16,20)(H3,17,19,21). The van der Waals surface area contributed by atoms with Crippen molar-refractivity contribution in [3.05, 3.63) is 47.2 Å². The van der Waals surface area contributed by atoms with Crippen LogP contribution in [0.4, 0.5) is 5.69 Å². The van der Waals surface area contributed by atoms with E-state index in [0.29, 0.717) is 22.5 Å². The first-order valence-corrected chi connectivity index (χ1v) is 6.73. The minimum Gasteiger partial charge on any atom is -0.376 e. The van der Waals surface area contributed by atoms with Gasteiger partial charge in [0.05, 0.1) is 5.69 Å². The number of anilines is 1. The lowest BCUT2D eigenvalue weighted by Crippen LogP contribution is -2.19. The third-order valence-electron chi connectivity index (χ3n) is 2.93. The monoisotopic (exact) mass is 300 g/mol. The van der Waals surface area contributed by atoms with Gasteiger partial charge in [-0.05, 0) is 62.0 Å². The summed E-state index contributed by atoms with van der Waals surface area (Å²) in [5.74, 6) is -0.507. The molecule has 5 N–H and O–H groups in total. The highest BCUT2D eigenvalue weighted by atomic mass is 32.1. The fraction of sp³-hybridized carbons (Fsp3) is 0.133. The lowest BCUT2D eigenvalue weighted by atomic mass is 10.0. The highest BCUT2D eigenvalue weighted by Gasteiger charge is 2.13. The molecule has 0 bridgehead atoms. The number of nitrogens with zero attached hydrogens (tertiary/aromatic N) is 1. The van der Waals surface area contributed by atoms with Gasteiger partial charge in [0.25, 0.3) is 0 Å². The molecule has 0 unspecified atom stereocenters. The first kappa shape index (κ1) is 14.9. The number of aryl methyl sites for hydroxylation is 2. The summed E-state index contributed by atoms with van der Waals surface area (Å²) in [4.78, 5) is 16.1. The van der Waals surface area contributed by atoms with E-state index in [1.54, 1.807) is 18.2 Å². The molecule has 5 nitrogen and oxygen atoms in total. The van der Waals surface area contributed by atoms with Crippen LogP contribution in [0.2, 0.25) is 0 Å². The Labute approximate surface area is 128 Å². The number of nitrogens with one attached hydrogen (secondary N) is 1. The molecule has 2 rings (SSSR count). The van der Waals surface area contributed by atoms with Gasteiger partial charge >= 0.3 is 0 Å². The molecule has 1 heterocycles. The summed E-state index contributed by atoms with van der Waals surface area (Å²) in [6.45, 7) is 3.87. The Morgan fingerprint density at radius 2 is 1.90 bits per heavy atom. The lowest BCUT2D eigenvalue weighted by Gasteiger charge is -2.11. The molecule has 108 valence electrons. The zero-order chi connectivity index (χ0) is 15.6. The van der Waals surface area contributed by atoms with E-state index in [1.807, 2.05) is 26.0 Å². The van der Waals surface area contributed by atoms with Gasteiger partial charge in [-0.1, -0.05) is 0 Å². The number of primary amides is 1. The van der Waals surface area contributed by atoms with Crippen LogP contribution in [0.1, 0.15) is 21.6 Å². The summed E-state index contributed by atoms with van der Waals surface area (Å²) in [5.41, 5.74) is 15.3. The molecule has 1 aromatic heterocycles. The van der Waals surface area contributed by atoms with Gasteiger partial charge in [0.1, 0.15) is 0 Å². The molecule has 0 radical (unpaired) electrons. The summed E-state index contributed by atoms with van der Waals surface area (Å²) < 4.78 is 0. The van der Waals surface area contributed by atoms with Crippen molar-refractivity contribution in [2.45, 2.75) is 13.8 Å². The number of benzene rings is 1. The van der Waals surface area contributed by atoms with Crippen molar-refractivity contribution in [3.63, 3.8) is 0 Å². The Kier molecular flexibility index (Phi) is 4.18. The van der Waals surface area contributed by atoms with Crippen molar-refractivity contribution in [2.75, 3.05) is 5.32 Å². The summed E-state index contributed by atoms with van der Waals surface area (Å²) >= 11 is 4.82. The molecular formula is C15H16N4OS. The molecule has 0 aliphatic carbocycles. The number of aromatic nitrogens is 1. The van der Waals surface area contributed by atoms with Crippen molar-refractivity contribution in [2.24, 2.45) is 11.5 Å². The molecule has 0 saturated carbocycles. The van der Waals surface area contributed by atoms with Crippen molar-refractivity contribution in [1.29, 1.82) is 0 Å². The average molecular weight is 300 g/mol. The molecule has 0 spiro atoms. The van der Waals surface area contributed by atoms with Crippen LogP contribution in [0, 0.1) is 13.8 Å². The van der Waals surface area contributed by atoms with Gasteiger partial charge < -0.3 is 16.8 Å². The molecule has 0 fully saturated rings. The van der Waals surface area contributed by atoms with E-state index < -0.39 is 5.91 Å². The molecule has 0 atom stereocenters. The van der Waals surface area contributed by atoms with E-state index in [2.05, 4.69) is 10.3 Å². The number of thiocarbonyl (C=S) groups is 1. The van der Waals surface area contributed by atoms with Gasteiger partial charge in [0.2, 0.25) is 5.91 Å². The summed E-state index contributed by atoms with van der Waals surface area (Å²) in [6, 6.07) is 8.97. The molecule has 2 aromatic rings. The lowest BCUT2D eigenvalue weighted by molar-refractivity contribution is 0.100. The van der Waals surface area contributed by atoms with E-state index in [9.17, 15) is 4.79 Å². The highest BCUT2D eigenvalue weighted by Crippen LogP contribution is 2.26. The number of carbonyl (C=O) groups excluding carboxylic acids is 1. The second kappa shape index (κ2) is 5.88. The van der Waals surface area contributed by atoms with Gasteiger partial charge in [-0.15, -0.1) is 0 Å². The molecule has 0 aliphatic heterocycles. The van der Waals surface area contributed by atoms with Gasteiger partial charge in [-0.3, -0.25) is 9.78 Å². The van der Waals surface area contributed by atoms with Crippen molar-refractivity contribution in [1.82, 2.24) is 4.98 Å². The largest absolute Gasteiger partial charge is 0.376 e. The highest BCUT2D eigenvalue weighted by molar-refractivity contribution is 7.80. The third kappa shape index (κ3) is 3.55. The molecule has 1 amide bonds. The Morgan fingerprint density at radius 1 is 1.19 bits per heavy atom. The summed E-state index contributed by atoms with van der Waals surface area (Å²) in [5, 5.41) is 2.99. The predicted octanol–water partition coefficient (Wildman–Crippen LogP) is 2.12. The number of carbonyl (C=O) groups is 1. The third-order valence-corrected chi connectivity index (χ3v) is 3.03. The zero-order valence-corrected chi connectivity index (χ0v) is 12.6. The topological polar surface area (TPSA) is 94.0 Å². The first-order chi connectivity index (χ1) is 9.86. The minimum atomic E-state index is -0.507. The number of nitrogens with two attached hydrogens (primary N) is 2. The van der Waals surface area contributed by atoms with Crippen LogP contribution in [0.5, 0.6) is 0 Å². The smallest absolute Gasteiger partial charge is 0.249 e. The van der Waals surface area contributed by atoms with E-state index in [1.165, 1.54) is 0 Å². The number of amides is 1. The maximum Gasteiger partial charge on any atom is 0.249 e. The Bertz CT molecular complexity index is 707. The van der Waals surface area contributed by atoms with Crippen LogP contribution < -0.4 is 16.8 Å². The van der Waals surface area contributed by atoms with Crippen LogP contribution in [-0.4, -0.2) is 16.0 Å². The van der Waals surface area contributed by atoms with E-state index in [-0.39, 0.29) is 5.11 Å². The van der Waals surface area contributed by atoms with E-state index >= 15 is 0 Å². The molecule has 1 aromatic carbocycles. The molecular weight excluding hydrogens is 284 g/mol. The number of hydrogen-bond acceptors (Lipinski definition) is 3. The Balaban J connectivity index is 2.62. The molecule has 0 aliphatic rings. The fourth-order valence-corrected chi connectivity index (χ4v) is 2.29. The number of pyridine rings is 1. The Hall–Kier alpha value is -2.47. The maximum atomic E-state index is 11.6. The number of rotatable bonds is 3. The fourth-order valence-electron chi connectivity index (χ4n) is 2.17. The maximum absolute atomic E-state index is 11.6. The summed E-state index contributed by atoms with van der Waals surface area (Å²) in [6.07, 6.45) is 0. The van der Waals surface area contributed by atoms with Gasteiger partial charge in [0.15, 0.2) is 5.11 Å². The second-order valence-corrected chi connectivity index (χ2v) is 5.22. The van der Waals surface area contributed by atoms with Crippen molar-refractivity contribution < 1.29 is 4.79 Å². The van der Waals surface area contributed by atoms with Gasteiger partial charge in [-0.25, -0.2) is 0 Å². The van der Waals surface area contributed by atoms with Crippen molar-refractivity contribution in [3.8, 4) is 11.3 Å². The number of hydrogen-bond donors (Lipinski definition) is 3. The van der Waals surface area contributed by atoms with Crippen LogP contribution in [0.15, 0.2) is 30.3 Å². The molecule has 6 heteroatoms. The summed E-state index contributed by atoms with van der Waals surface area (Å²) in [7, 11) is 0. The zero-order valence-electron chi connectivity index (χ0n) is 11.8. The van der Waals surface area contributed by atoms with E-state index in [0.717, 1.165) is 11.3 Å². The first-order valence-electron chi connectivity index (χ1n) is 6.33. The van der Waals surface area contributed by atoms with E-state index in [4.69, 9.17) is 23.7 Å². The van der Waals surface area contributed by atoms with Gasteiger partial charge in [-0.2, -0.15) is 0 Å². The second-order valence-electron chi connectivity index (χ2n) is 4.78. The van der Waals surface area contributed by atoms with Crippen LogP contribution >= 0.6 is 12.2 Å².